The van der Waals surface area contributed by atoms with Crippen LogP contribution in [0.5, 0.6) is 0 Å². The van der Waals surface area contributed by atoms with E-state index >= 15 is 0 Å². The Bertz CT molecular complexity index is 391. The number of ether oxygens (including phenoxy) is 1. The maximum atomic E-state index is 11.8. The SMILES string of the molecule is CCOC(=O)CC(Br)C(=O)c1ccc(Cl)s1. The van der Waals surface area contributed by atoms with Crippen LogP contribution < -0.4 is 0 Å². The number of alkyl halides is 1. The topological polar surface area (TPSA) is 43.4 Å². The molecule has 0 aromatic carbocycles. The Morgan fingerprint density at radius 3 is 2.75 bits per heavy atom. The molecule has 0 bridgehead atoms. The number of carbonyl (C=O) groups excluding carboxylic acids is 2. The maximum Gasteiger partial charge on any atom is 0.307 e. The van der Waals surface area contributed by atoms with E-state index in [-0.39, 0.29) is 18.2 Å². The maximum absolute atomic E-state index is 11.8. The van der Waals surface area contributed by atoms with E-state index in [1.807, 2.05) is 0 Å². The van der Waals surface area contributed by atoms with Gasteiger partial charge in [-0.2, -0.15) is 0 Å². The second-order valence-corrected chi connectivity index (χ2v) is 5.77. The van der Waals surface area contributed by atoms with Gasteiger partial charge in [0.05, 0.1) is 27.1 Å². The first kappa shape index (κ1) is 13.7. The number of hydrogen-bond acceptors (Lipinski definition) is 4. The lowest BCUT2D eigenvalue weighted by Gasteiger charge is -2.06. The Balaban J connectivity index is 2.57. The summed E-state index contributed by atoms with van der Waals surface area (Å²) in [4.78, 5) is 22.9. The molecule has 16 heavy (non-hydrogen) atoms. The minimum absolute atomic E-state index is 0.0300. The van der Waals surface area contributed by atoms with E-state index in [4.69, 9.17) is 16.3 Å². The molecule has 1 aromatic rings. The summed E-state index contributed by atoms with van der Waals surface area (Å²) in [6.07, 6.45) is 0.0300. The lowest BCUT2D eigenvalue weighted by molar-refractivity contribution is -0.142. The summed E-state index contributed by atoms with van der Waals surface area (Å²) in [5.41, 5.74) is 0. The third-order valence-electron chi connectivity index (χ3n) is 1.75. The summed E-state index contributed by atoms with van der Waals surface area (Å²) < 4.78 is 5.31. The lowest BCUT2D eigenvalue weighted by Crippen LogP contribution is -2.19. The zero-order valence-electron chi connectivity index (χ0n) is 8.54. The number of halogens is 2. The van der Waals surface area contributed by atoms with Crippen molar-refractivity contribution in [3.05, 3.63) is 21.3 Å². The Morgan fingerprint density at radius 1 is 1.56 bits per heavy atom. The van der Waals surface area contributed by atoms with Gasteiger partial charge in [0.2, 0.25) is 0 Å². The zero-order valence-corrected chi connectivity index (χ0v) is 11.7. The minimum atomic E-state index is -0.554. The smallest absolute Gasteiger partial charge is 0.307 e. The number of esters is 1. The monoisotopic (exact) mass is 324 g/mol. The van der Waals surface area contributed by atoms with Crippen LogP contribution in [0.4, 0.5) is 0 Å². The lowest BCUT2D eigenvalue weighted by atomic mass is 10.2. The molecule has 0 aliphatic rings. The number of ketones is 1. The third-order valence-corrected chi connectivity index (χ3v) is 3.74. The van der Waals surface area contributed by atoms with Crippen LogP contribution in [0.25, 0.3) is 0 Å². The van der Waals surface area contributed by atoms with E-state index in [1.54, 1.807) is 19.1 Å². The van der Waals surface area contributed by atoms with Gasteiger partial charge in [0, 0.05) is 0 Å². The molecule has 0 aliphatic carbocycles. The molecule has 0 saturated carbocycles. The molecule has 0 aliphatic heterocycles. The van der Waals surface area contributed by atoms with Crippen molar-refractivity contribution in [3.63, 3.8) is 0 Å². The second kappa shape index (κ2) is 6.37. The Labute approximate surface area is 111 Å². The molecule has 1 atom stereocenters. The average Bonchev–Trinajstić information content (AvgIpc) is 2.64. The highest BCUT2D eigenvalue weighted by molar-refractivity contribution is 9.10. The van der Waals surface area contributed by atoms with Crippen LogP contribution in [-0.2, 0) is 9.53 Å². The Morgan fingerprint density at radius 2 is 2.25 bits per heavy atom. The van der Waals surface area contributed by atoms with Gasteiger partial charge in [0.15, 0.2) is 5.78 Å². The van der Waals surface area contributed by atoms with Gasteiger partial charge in [-0.3, -0.25) is 9.59 Å². The number of Topliss-reactive ketones (excluding diaryl/α,β-unsaturated/α-hetero) is 1. The van der Waals surface area contributed by atoms with Gasteiger partial charge in [0.25, 0.3) is 0 Å². The van der Waals surface area contributed by atoms with Gasteiger partial charge in [-0.05, 0) is 19.1 Å². The summed E-state index contributed by atoms with van der Waals surface area (Å²) in [7, 11) is 0. The highest BCUT2D eigenvalue weighted by atomic mass is 79.9. The zero-order chi connectivity index (χ0) is 12.1. The number of rotatable bonds is 5. The summed E-state index contributed by atoms with van der Waals surface area (Å²) in [6, 6.07) is 3.30. The minimum Gasteiger partial charge on any atom is -0.466 e. The number of carbonyl (C=O) groups is 2. The molecule has 0 amide bonds. The van der Waals surface area contributed by atoms with Gasteiger partial charge in [0.1, 0.15) is 0 Å². The summed E-state index contributed by atoms with van der Waals surface area (Å²) in [5.74, 6) is -0.537. The van der Waals surface area contributed by atoms with Gasteiger partial charge >= 0.3 is 5.97 Å². The fourth-order valence-electron chi connectivity index (χ4n) is 1.06. The molecule has 88 valence electrons. The highest BCUT2D eigenvalue weighted by Crippen LogP contribution is 2.25. The standard InChI is InChI=1S/C10H10BrClO3S/c1-2-15-9(13)5-6(11)10(14)7-3-4-8(12)16-7/h3-4,6H,2,5H2,1H3. The second-order valence-electron chi connectivity index (χ2n) is 2.94. The van der Waals surface area contributed by atoms with Crippen molar-refractivity contribution in [3.8, 4) is 0 Å². The summed E-state index contributed by atoms with van der Waals surface area (Å²) in [6.45, 7) is 2.04. The largest absolute Gasteiger partial charge is 0.466 e. The van der Waals surface area contributed by atoms with E-state index in [0.717, 1.165) is 0 Å². The summed E-state index contributed by atoms with van der Waals surface area (Å²) in [5, 5.41) is 0. The van der Waals surface area contributed by atoms with Crippen molar-refractivity contribution in [2.45, 2.75) is 18.2 Å². The molecule has 1 heterocycles. The van der Waals surface area contributed by atoms with Crippen LogP contribution in [0.15, 0.2) is 12.1 Å². The molecule has 0 saturated heterocycles. The molecule has 3 nitrogen and oxygen atoms in total. The average molecular weight is 326 g/mol. The van der Waals surface area contributed by atoms with Crippen LogP contribution in [0, 0.1) is 0 Å². The molecule has 1 unspecified atom stereocenters. The fraction of sp³-hybridized carbons (Fsp3) is 0.400. The van der Waals surface area contributed by atoms with Crippen molar-refractivity contribution in [1.82, 2.24) is 0 Å². The summed E-state index contributed by atoms with van der Waals surface area (Å²) >= 11 is 10.1. The van der Waals surface area contributed by atoms with E-state index < -0.39 is 4.83 Å². The number of hydrogen-bond donors (Lipinski definition) is 0. The first-order valence-electron chi connectivity index (χ1n) is 4.63. The molecular weight excluding hydrogens is 316 g/mol. The first-order chi connectivity index (χ1) is 7.54. The molecule has 0 N–H and O–H groups in total. The highest BCUT2D eigenvalue weighted by Gasteiger charge is 2.22. The molecule has 0 spiro atoms. The molecule has 1 rings (SSSR count). The van der Waals surface area contributed by atoms with Crippen molar-refractivity contribution >= 4 is 50.6 Å². The van der Waals surface area contributed by atoms with E-state index in [9.17, 15) is 9.59 Å². The van der Waals surface area contributed by atoms with Gasteiger partial charge in [-0.15, -0.1) is 11.3 Å². The third kappa shape index (κ3) is 3.88. The van der Waals surface area contributed by atoms with Crippen molar-refractivity contribution < 1.29 is 14.3 Å². The molecule has 1 aromatic heterocycles. The van der Waals surface area contributed by atoms with Gasteiger partial charge in [-0.1, -0.05) is 27.5 Å². The predicted molar refractivity (Wildman–Crippen MR) is 67.6 cm³/mol. The molecule has 0 fully saturated rings. The van der Waals surface area contributed by atoms with Crippen molar-refractivity contribution in [2.24, 2.45) is 0 Å². The first-order valence-corrected chi connectivity index (χ1v) is 6.74. The quantitative estimate of drug-likeness (QED) is 0.474. The van der Waals surface area contributed by atoms with E-state index in [0.29, 0.717) is 15.8 Å². The molecular formula is C10H10BrClO3S. The normalized spacial score (nSPS) is 12.2. The molecule has 0 radical (unpaired) electrons. The van der Waals surface area contributed by atoms with Crippen LogP contribution in [0.2, 0.25) is 4.34 Å². The van der Waals surface area contributed by atoms with Crippen LogP contribution in [0.3, 0.4) is 0 Å². The van der Waals surface area contributed by atoms with Crippen LogP contribution >= 0.6 is 38.9 Å². The van der Waals surface area contributed by atoms with Crippen LogP contribution in [0.1, 0.15) is 23.0 Å². The Hall–Kier alpha value is -0.390. The Kier molecular flexibility index (Phi) is 5.44. The predicted octanol–water partition coefficient (Wildman–Crippen LogP) is 3.30. The van der Waals surface area contributed by atoms with E-state index in [1.165, 1.54) is 11.3 Å². The van der Waals surface area contributed by atoms with E-state index in [2.05, 4.69) is 15.9 Å². The van der Waals surface area contributed by atoms with Crippen LogP contribution in [-0.4, -0.2) is 23.2 Å². The van der Waals surface area contributed by atoms with Crippen molar-refractivity contribution in [2.75, 3.05) is 6.61 Å². The fourth-order valence-corrected chi connectivity index (χ4v) is 2.76. The van der Waals surface area contributed by atoms with Gasteiger partial charge < -0.3 is 4.74 Å². The van der Waals surface area contributed by atoms with Crippen molar-refractivity contribution in [1.29, 1.82) is 0 Å². The number of thiophene rings is 1. The van der Waals surface area contributed by atoms with Gasteiger partial charge in [-0.25, -0.2) is 0 Å². The molecule has 6 heteroatoms.